The van der Waals surface area contributed by atoms with Gasteiger partial charge in [-0.2, -0.15) is 0 Å². The summed E-state index contributed by atoms with van der Waals surface area (Å²) in [4.78, 5) is 11.4. The van der Waals surface area contributed by atoms with E-state index in [0.29, 0.717) is 13.2 Å². The molecule has 5 heteroatoms. The fourth-order valence-corrected chi connectivity index (χ4v) is 1.35. The van der Waals surface area contributed by atoms with Gasteiger partial charge in [0, 0.05) is 19.7 Å². The molecule has 16 heavy (non-hydrogen) atoms. The van der Waals surface area contributed by atoms with Crippen molar-refractivity contribution in [2.24, 2.45) is 0 Å². The van der Waals surface area contributed by atoms with Gasteiger partial charge < -0.3 is 19.8 Å². The van der Waals surface area contributed by atoms with Gasteiger partial charge >= 0.3 is 6.03 Å². The molecule has 1 aromatic rings. The molecule has 1 aromatic heterocycles. The molecule has 1 rings (SSSR count). The minimum absolute atomic E-state index is 0.0696. The second-order valence-corrected chi connectivity index (χ2v) is 3.63. The molecule has 0 aliphatic rings. The van der Waals surface area contributed by atoms with Gasteiger partial charge in [0.1, 0.15) is 0 Å². The van der Waals surface area contributed by atoms with Crippen LogP contribution in [0.1, 0.15) is 12.5 Å². The normalized spacial score (nSPS) is 12.1. The lowest BCUT2D eigenvalue weighted by molar-refractivity contribution is 0.195. The molecule has 0 radical (unpaired) electrons. The van der Waals surface area contributed by atoms with Crippen LogP contribution in [0.25, 0.3) is 0 Å². The Labute approximate surface area is 95.2 Å². The first kappa shape index (κ1) is 12.6. The molecular formula is C11H18N2O3. The van der Waals surface area contributed by atoms with Crippen molar-refractivity contribution in [3.05, 3.63) is 24.2 Å². The van der Waals surface area contributed by atoms with Gasteiger partial charge in [0.2, 0.25) is 0 Å². The van der Waals surface area contributed by atoms with E-state index in [2.05, 4.69) is 10.6 Å². The molecule has 0 aliphatic carbocycles. The molecule has 1 heterocycles. The summed E-state index contributed by atoms with van der Waals surface area (Å²) in [5.41, 5.74) is 1.07. The summed E-state index contributed by atoms with van der Waals surface area (Å²) >= 11 is 0. The predicted molar refractivity (Wildman–Crippen MR) is 60.3 cm³/mol. The molecule has 1 atom stereocenters. The van der Waals surface area contributed by atoms with Crippen LogP contribution in [0.15, 0.2) is 23.0 Å². The quantitative estimate of drug-likeness (QED) is 0.715. The van der Waals surface area contributed by atoms with Crippen molar-refractivity contribution in [1.82, 2.24) is 10.6 Å². The van der Waals surface area contributed by atoms with Crippen LogP contribution in [0.4, 0.5) is 4.79 Å². The number of ether oxygens (including phenoxy) is 1. The number of hydrogen-bond donors (Lipinski definition) is 2. The van der Waals surface area contributed by atoms with Crippen molar-refractivity contribution in [2.45, 2.75) is 19.4 Å². The highest BCUT2D eigenvalue weighted by atomic mass is 16.5. The highest BCUT2D eigenvalue weighted by Crippen LogP contribution is 2.03. The molecule has 90 valence electrons. The molecule has 5 nitrogen and oxygen atoms in total. The summed E-state index contributed by atoms with van der Waals surface area (Å²) in [5, 5.41) is 5.53. The maximum Gasteiger partial charge on any atom is 0.315 e. The monoisotopic (exact) mass is 226 g/mol. The predicted octanol–water partition coefficient (Wildman–Crippen LogP) is 1.16. The Morgan fingerprint density at radius 1 is 1.62 bits per heavy atom. The van der Waals surface area contributed by atoms with Gasteiger partial charge in [0.05, 0.1) is 19.1 Å². The van der Waals surface area contributed by atoms with Crippen LogP contribution in [0.5, 0.6) is 0 Å². The third-order valence-corrected chi connectivity index (χ3v) is 2.09. The Hall–Kier alpha value is -1.49. The Bertz CT molecular complexity index is 298. The van der Waals surface area contributed by atoms with E-state index in [0.717, 1.165) is 12.0 Å². The van der Waals surface area contributed by atoms with Crippen LogP contribution in [0, 0.1) is 0 Å². The zero-order valence-corrected chi connectivity index (χ0v) is 9.66. The van der Waals surface area contributed by atoms with Crippen molar-refractivity contribution < 1.29 is 13.9 Å². The molecule has 0 saturated heterocycles. The van der Waals surface area contributed by atoms with Gasteiger partial charge in [-0.1, -0.05) is 0 Å². The van der Waals surface area contributed by atoms with Gasteiger partial charge in [-0.15, -0.1) is 0 Å². The van der Waals surface area contributed by atoms with Crippen LogP contribution in [-0.2, 0) is 11.2 Å². The molecule has 0 aliphatic heterocycles. The molecule has 0 fully saturated rings. The summed E-state index contributed by atoms with van der Waals surface area (Å²) in [6.07, 6.45) is 4.07. The number of carbonyl (C=O) groups excluding carboxylic acids is 1. The van der Waals surface area contributed by atoms with Gasteiger partial charge in [0.25, 0.3) is 0 Å². The minimum Gasteiger partial charge on any atom is -0.472 e. The largest absolute Gasteiger partial charge is 0.472 e. The molecule has 2 N–H and O–H groups in total. The number of rotatable bonds is 6. The number of urea groups is 1. The standard InChI is InChI=1S/C11H18N2O3/c1-9(7-10-3-5-16-8-10)13-11(14)12-4-6-15-2/h3,5,8-9H,4,6-7H2,1-2H3,(H2,12,13,14)/t9-/m0/s1. The van der Waals surface area contributed by atoms with Crippen LogP contribution in [-0.4, -0.2) is 32.3 Å². The average Bonchev–Trinajstić information content (AvgIpc) is 2.70. The highest BCUT2D eigenvalue weighted by Gasteiger charge is 2.07. The first-order valence-electron chi connectivity index (χ1n) is 5.26. The Morgan fingerprint density at radius 2 is 2.44 bits per heavy atom. The van der Waals surface area contributed by atoms with E-state index in [9.17, 15) is 4.79 Å². The number of amides is 2. The molecule has 0 saturated carbocycles. The average molecular weight is 226 g/mol. The van der Waals surface area contributed by atoms with E-state index in [1.54, 1.807) is 19.6 Å². The first-order valence-corrected chi connectivity index (χ1v) is 5.26. The van der Waals surface area contributed by atoms with Crippen molar-refractivity contribution in [2.75, 3.05) is 20.3 Å². The van der Waals surface area contributed by atoms with E-state index >= 15 is 0 Å². The molecule has 2 amide bonds. The summed E-state index contributed by atoms with van der Waals surface area (Å²) < 4.78 is 9.78. The van der Waals surface area contributed by atoms with Crippen molar-refractivity contribution in [1.29, 1.82) is 0 Å². The fourth-order valence-electron chi connectivity index (χ4n) is 1.35. The number of furan rings is 1. The van der Waals surface area contributed by atoms with E-state index in [1.807, 2.05) is 13.0 Å². The first-order chi connectivity index (χ1) is 7.72. The molecule has 0 aromatic carbocycles. The zero-order valence-electron chi connectivity index (χ0n) is 9.66. The van der Waals surface area contributed by atoms with Gasteiger partial charge in [0.15, 0.2) is 0 Å². The van der Waals surface area contributed by atoms with Gasteiger partial charge in [-0.25, -0.2) is 4.79 Å². The fraction of sp³-hybridized carbons (Fsp3) is 0.545. The van der Waals surface area contributed by atoms with Gasteiger partial charge in [-0.3, -0.25) is 0 Å². The second kappa shape index (κ2) is 6.90. The summed E-state index contributed by atoms with van der Waals surface area (Å²) in [5.74, 6) is 0. The smallest absolute Gasteiger partial charge is 0.315 e. The van der Waals surface area contributed by atoms with E-state index in [1.165, 1.54) is 0 Å². The Kier molecular flexibility index (Phi) is 5.42. The lowest BCUT2D eigenvalue weighted by atomic mass is 10.1. The van der Waals surface area contributed by atoms with Gasteiger partial charge in [-0.05, 0) is 25.0 Å². The SMILES string of the molecule is COCCNC(=O)N[C@@H](C)Cc1ccoc1. The topological polar surface area (TPSA) is 63.5 Å². The van der Waals surface area contributed by atoms with Crippen LogP contribution < -0.4 is 10.6 Å². The minimum atomic E-state index is -0.173. The zero-order chi connectivity index (χ0) is 11.8. The Morgan fingerprint density at radius 3 is 3.06 bits per heavy atom. The van der Waals surface area contributed by atoms with Crippen molar-refractivity contribution in [3.8, 4) is 0 Å². The maximum absolute atomic E-state index is 11.4. The number of nitrogens with one attached hydrogen (secondary N) is 2. The maximum atomic E-state index is 11.4. The Balaban J connectivity index is 2.18. The summed E-state index contributed by atoms with van der Waals surface area (Å²) in [6, 6.07) is 1.79. The number of methoxy groups -OCH3 is 1. The van der Waals surface area contributed by atoms with E-state index in [-0.39, 0.29) is 12.1 Å². The van der Waals surface area contributed by atoms with E-state index in [4.69, 9.17) is 9.15 Å². The molecular weight excluding hydrogens is 208 g/mol. The third kappa shape index (κ3) is 4.84. The summed E-state index contributed by atoms with van der Waals surface area (Å²) in [7, 11) is 1.60. The summed E-state index contributed by atoms with van der Waals surface area (Å²) in [6.45, 7) is 2.98. The molecule has 0 unspecified atom stereocenters. The molecule has 0 bridgehead atoms. The highest BCUT2D eigenvalue weighted by molar-refractivity contribution is 5.74. The van der Waals surface area contributed by atoms with Crippen LogP contribution in [0.2, 0.25) is 0 Å². The van der Waals surface area contributed by atoms with Crippen LogP contribution in [0.3, 0.4) is 0 Å². The lowest BCUT2D eigenvalue weighted by Gasteiger charge is -2.13. The number of carbonyl (C=O) groups is 1. The van der Waals surface area contributed by atoms with Crippen molar-refractivity contribution >= 4 is 6.03 Å². The number of hydrogen-bond acceptors (Lipinski definition) is 3. The van der Waals surface area contributed by atoms with Crippen LogP contribution >= 0.6 is 0 Å². The third-order valence-electron chi connectivity index (χ3n) is 2.09. The second-order valence-electron chi connectivity index (χ2n) is 3.63. The lowest BCUT2D eigenvalue weighted by Crippen LogP contribution is -2.42. The van der Waals surface area contributed by atoms with E-state index < -0.39 is 0 Å². The molecule has 0 spiro atoms. The van der Waals surface area contributed by atoms with Crippen molar-refractivity contribution in [3.63, 3.8) is 0 Å².